The number of nitriles is 1. The lowest BCUT2D eigenvalue weighted by molar-refractivity contribution is 0.773. The summed E-state index contributed by atoms with van der Waals surface area (Å²) < 4.78 is 1.75. The average molecular weight is 350 g/mol. The van der Waals surface area contributed by atoms with Crippen molar-refractivity contribution >= 4 is 11.8 Å². The molecule has 0 atom stereocenters. The van der Waals surface area contributed by atoms with Crippen molar-refractivity contribution in [3.63, 3.8) is 0 Å². The molecule has 0 amide bonds. The molecule has 0 unspecified atom stereocenters. The zero-order chi connectivity index (χ0) is 18.0. The van der Waals surface area contributed by atoms with E-state index < -0.39 is 0 Å². The Morgan fingerprint density at radius 3 is 2.64 bits per heavy atom. The van der Waals surface area contributed by atoms with E-state index in [-0.39, 0.29) is 0 Å². The fraction of sp³-hybridized carbons (Fsp3) is 0.278. The maximum Gasteiger partial charge on any atom is 0.166 e. The van der Waals surface area contributed by atoms with Crippen LogP contribution in [0.15, 0.2) is 29.3 Å². The van der Waals surface area contributed by atoms with E-state index in [9.17, 15) is 5.26 Å². The first-order valence-corrected chi connectivity index (χ1v) is 8.84. The summed E-state index contributed by atoms with van der Waals surface area (Å²) in [5.74, 6) is 1.26. The molecule has 0 saturated heterocycles. The molecule has 7 heteroatoms. The average Bonchev–Trinajstić information content (AvgIpc) is 3.00. The monoisotopic (exact) mass is 350 g/mol. The quantitative estimate of drug-likeness (QED) is 0.670. The summed E-state index contributed by atoms with van der Waals surface area (Å²) >= 11 is 1.48. The molecule has 0 aliphatic carbocycles. The number of hydrogen-bond acceptors (Lipinski definition) is 6. The molecular formula is C18H18N6S. The van der Waals surface area contributed by atoms with Gasteiger partial charge in [-0.2, -0.15) is 9.94 Å². The number of aromatic nitrogens is 5. The van der Waals surface area contributed by atoms with E-state index in [4.69, 9.17) is 0 Å². The van der Waals surface area contributed by atoms with Crippen LogP contribution in [-0.2, 0) is 5.75 Å². The number of thioether (sulfide) groups is 1. The molecule has 0 bridgehead atoms. The Kier molecular flexibility index (Phi) is 4.81. The molecule has 3 aromatic rings. The molecule has 0 fully saturated rings. The smallest absolute Gasteiger partial charge is 0.166 e. The topological polar surface area (TPSA) is 80.3 Å². The molecule has 0 radical (unpaired) electrons. The summed E-state index contributed by atoms with van der Waals surface area (Å²) in [6, 6.07) is 10.3. The molecule has 25 heavy (non-hydrogen) atoms. The predicted molar refractivity (Wildman–Crippen MR) is 96.6 cm³/mol. The van der Waals surface area contributed by atoms with Crippen molar-refractivity contribution < 1.29 is 0 Å². The second kappa shape index (κ2) is 7.03. The summed E-state index contributed by atoms with van der Waals surface area (Å²) in [6.45, 7) is 7.96. The fourth-order valence-electron chi connectivity index (χ4n) is 2.70. The van der Waals surface area contributed by atoms with Crippen LogP contribution in [0.3, 0.4) is 0 Å². The highest BCUT2D eigenvalue weighted by molar-refractivity contribution is 7.98. The highest BCUT2D eigenvalue weighted by atomic mass is 32.2. The van der Waals surface area contributed by atoms with E-state index in [0.29, 0.717) is 11.3 Å². The van der Waals surface area contributed by atoms with E-state index in [1.807, 2.05) is 39.0 Å². The minimum atomic E-state index is 0.533. The zero-order valence-corrected chi connectivity index (χ0v) is 15.4. The summed E-state index contributed by atoms with van der Waals surface area (Å²) in [7, 11) is 0. The molecule has 6 nitrogen and oxygen atoms in total. The van der Waals surface area contributed by atoms with Gasteiger partial charge in [-0.05, 0) is 61.4 Å². The highest BCUT2D eigenvalue weighted by Crippen LogP contribution is 2.27. The Hall–Kier alpha value is -2.72. The second-order valence-corrected chi connectivity index (χ2v) is 6.92. The Bertz CT molecular complexity index is 970. The zero-order valence-electron chi connectivity index (χ0n) is 14.6. The van der Waals surface area contributed by atoms with Crippen LogP contribution in [0.4, 0.5) is 0 Å². The standard InChI is InChI=1S/C18H18N6S/c1-11-5-6-16(13(3)7-11)24-17(21-22-23-24)10-25-18-15(9-19)12(2)8-14(4)20-18/h5-8H,10H2,1-4H3. The molecular weight excluding hydrogens is 332 g/mol. The lowest BCUT2D eigenvalue weighted by Crippen LogP contribution is -2.05. The maximum absolute atomic E-state index is 9.39. The van der Waals surface area contributed by atoms with Crippen molar-refractivity contribution in [2.24, 2.45) is 0 Å². The van der Waals surface area contributed by atoms with Crippen LogP contribution in [0.2, 0.25) is 0 Å². The van der Waals surface area contributed by atoms with Crippen LogP contribution in [0.1, 0.15) is 33.8 Å². The van der Waals surface area contributed by atoms with E-state index >= 15 is 0 Å². The normalized spacial score (nSPS) is 10.7. The van der Waals surface area contributed by atoms with Gasteiger partial charge >= 0.3 is 0 Å². The summed E-state index contributed by atoms with van der Waals surface area (Å²) in [4.78, 5) is 4.50. The summed E-state index contributed by atoms with van der Waals surface area (Å²) in [5, 5.41) is 22.2. The molecule has 0 aliphatic rings. The Morgan fingerprint density at radius 2 is 1.92 bits per heavy atom. The van der Waals surface area contributed by atoms with Crippen molar-refractivity contribution in [1.82, 2.24) is 25.2 Å². The third kappa shape index (κ3) is 3.54. The number of aryl methyl sites for hydroxylation is 4. The van der Waals surface area contributed by atoms with Crippen LogP contribution in [0.25, 0.3) is 5.69 Å². The van der Waals surface area contributed by atoms with Crippen LogP contribution in [0.5, 0.6) is 0 Å². The summed E-state index contributed by atoms with van der Waals surface area (Å²) in [6.07, 6.45) is 0. The van der Waals surface area contributed by atoms with Crippen LogP contribution in [-0.4, -0.2) is 25.2 Å². The third-order valence-electron chi connectivity index (χ3n) is 3.88. The first-order chi connectivity index (χ1) is 12.0. The SMILES string of the molecule is Cc1ccc(-n2nnnc2CSc2nc(C)cc(C)c2C#N)c(C)c1. The van der Waals surface area contributed by atoms with Gasteiger partial charge in [-0.3, -0.25) is 0 Å². The first-order valence-electron chi connectivity index (χ1n) is 7.85. The number of rotatable bonds is 4. The van der Waals surface area contributed by atoms with Crippen molar-refractivity contribution in [3.8, 4) is 11.8 Å². The van der Waals surface area contributed by atoms with Crippen molar-refractivity contribution in [2.45, 2.75) is 38.5 Å². The number of tetrazole rings is 1. The number of pyridine rings is 1. The molecule has 3 rings (SSSR count). The number of benzene rings is 1. The minimum Gasteiger partial charge on any atom is -0.245 e. The van der Waals surface area contributed by atoms with Crippen LogP contribution < -0.4 is 0 Å². The molecule has 126 valence electrons. The van der Waals surface area contributed by atoms with Gasteiger partial charge in [-0.15, -0.1) is 5.10 Å². The lowest BCUT2D eigenvalue weighted by atomic mass is 10.1. The third-order valence-corrected chi connectivity index (χ3v) is 4.85. The van der Waals surface area contributed by atoms with Gasteiger partial charge in [0.05, 0.1) is 17.0 Å². The Balaban J connectivity index is 1.90. The van der Waals surface area contributed by atoms with E-state index in [2.05, 4.69) is 39.6 Å². The number of hydrogen-bond donors (Lipinski definition) is 0. The molecule has 0 aliphatic heterocycles. The van der Waals surface area contributed by atoms with E-state index in [0.717, 1.165) is 33.4 Å². The molecule has 0 N–H and O–H groups in total. The van der Waals surface area contributed by atoms with E-state index in [1.54, 1.807) is 4.68 Å². The van der Waals surface area contributed by atoms with Crippen molar-refractivity contribution in [1.29, 1.82) is 5.26 Å². The largest absolute Gasteiger partial charge is 0.245 e. The molecule has 2 heterocycles. The number of nitrogens with zero attached hydrogens (tertiary/aromatic N) is 6. The lowest BCUT2D eigenvalue weighted by Gasteiger charge is -2.09. The van der Waals surface area contributed by atoms with Gasteiger partial charge in [0.15, 0.2) is 5.82 Å². The van der Waals surface area contributed by atoms with Gasteiger partial charge < -0.3 is 0 Å². The Labute approximate surface area is 150 Å². The minimum absolute atomic E-state index is 0.533. The van der Waals surface area contributed by atoms with Gasteiger partial charge in [0.1, 0.15) is 11.1 Å². The van der Waals surface area contributed by atoms with Crippen molar-refractivity contribution in [3.05, 3.63) is 58.0 Å². The molecule has 0 saturated carbocycles. The molecule has 0 spiro atoms. The van der Waals surface area contributed by atoms with Crippen LogP contribution >= 0.6 is 11.8 Å². The van der Waals surface area contributed by atoms with Gasteiger partial charge in [0.25, 0.3) is 0 Å². The predicted octanol–water partition coefficient (Wildman–Crippen LogP) is 3.45. The van der Waals surface area contributed by atoms with Gasteiger partial charge in [0.2, 0.25) is 0 Å². The summed E-state index contributed by atoms with van der Waals surface area (Å²) in [5.41, 5.74) is 5.71. The molecule has 2 aromatic heterocycles. The van der Waals surface area contributed by atoms with Gasteiger partial charge in [0, 0.05) is 5.69 Å². The molecule has 1 aromatic carbocycles. The van der Waals surface area contributed by atoms with Gasteiger partial charge in [-0.1, -0.05) is 29.5 Å². The first kappa shape index (κ1) is 17.1. The van der Waals surface area contributed by atoms with Crippen LogP contribution in [0, 0.1) is 39.0 Å². The second-order valence-electron chi connectivity index (χ2n) is 5.96. The maximum atomic E-state index is 9.39. The fourth-order valence-corrected chi connectivity index (χ4v) is 3.71. The van der Waals surface area contributed by atoms with Crippen molar-refractivity contribution in [2.75, 3.05) is 0 Å². The van der Waals surface area contributed by atoms with E-state index in [1.165, 1.54) is 17.3 Å². The van der Waals surface area contributed by atoms with Gasteiger partial charge in [-0.25, -0.2) is 4.98 Å². The highest BCUT2D eigenvalue weighted by Gasteiger charge is 2.14. The Morgan fingerprint density at radius 1 is 1.12 bits per heavy atom.